The van der Waals surface area contributed by atoms with E-state index in [1.54, 1.807) is 0 Å². The van der Waals surface area contributed by atoms with Gasteiger partial charge in [-0.25, -0.2) is 0 Å². The predicted molar refractivity (Wildman–Crippen MR) is 82.6 cm³/mol. The molecule has 2 atom stereocenters. The molecule has 3 heteroatoms. The van der Waals surface area contributed by atoms with E-state index in [4.69, 9.17) is 0 Å². The van der Waals surface area contributed by atoms with Crippen LogP contribution in [0.15, 0.2) is 0 Å². The fourth-order valence-electron chi connectivity index (χ4n) is 3.94. The Morgan fingerprint density at radius 2 is 1.89 bits per heavy atom. The first-order valence-corrected chi connectivity index (χ1v) is 8.54. The molecular formula is C16H33N3. The lowest BCUT2D eigenvalue weighted by Crippen LogP contribution is -2.50. The second-order valence-electron chi connectivity index (χ2n) is 6.26. The molecule has 0 aromatic rings. The zero-order valence-electron chi connectivity index (χ0n) is 13.0. The Hall–Kier alpha value is -0.120. The first-order chi connectivity index (χ1) is 9.35. The van der Waals surface area contributed by atoms with E-state index in [0.717, 1.165) is 12.1 Å². The molecule has 0 aromatic carbocycles. The molecule has 0 spiro atoms. The van der Waals surface area contributed by atoms with Crippen molar-refractivity contribution in [2.45, 2.75) is 64.5 Å². The van der Waals surface area contributed by atoms with Crippen molar-refractivity contribution < 1.29 is 0 Å². The maximum atomic E-state index is 3.58. The summed E-state index contributed by atoms with van der Waals surface area (Å²) in [6.45, 7) is 12.2. The Morgan fingerprint density at radius 1 is 1.05 bits per heavy atom. The van der Waals surface area contributed by atoms with Gasteiger partial charge in [0.25, 0.3) is 0 Å². The molecule has 1 N–H and O–H groups in total. The average molecular weight is 267 g/mol. The molecule has 0 radical (unpaired) electrons. The minimum absolute atomic E-state index is 0.793. The molecule has 0 aliphatic carbocycles. The number of nitrogens with one attached hydrogen (secondary N) is 1. The van der Waals surface area contributed by atoms with Gasteiger partial charge in [-0.05, 0) is 71.2 Å². The molecule has 112 valence electrons. The summed E-state index contributed by atoms with van der Waals surface area (Å²) in [6.07, 6.45) is 8.23. The first-order valence-electron chi connectivity index (χ1n) is 8.54. The van der Waals surface area contributed by atoms with Crippen molar-refractivity contribution in [3.05, 3.63) is 0 Å². The predicted octanol–water partition coefficient (Wildman–Crippen LogP) is 2.32. The van der Waals surface area contributed by atoms with E-state index >= 15 is 0 Å². The Balaban J connectivity index is 1.87. The summed E-state index contributed by atoms with van der Waals surface area (Å²) in [5.41, 5.74) is 0. The molecule has 19 heavy (non-hydrogen) atoms. The summed E-state index contributed by atoms with van der Waals surface area (Å²) in [7, 11) is 0. The van der Waals surface area contributed by atoms with Gasteiger partial charge in [0.05, 0.1) is 0 Å². The van der Waals surface area contributed by atoms with Crippen LogP contribution < -0.4 is 5.32 Å². The topological polar surface area (TPSA) is 18.5 Å². The molecule has 0 amide bonds. The van der Waals surface area contributed by atoms with Crippen LogP contribution in [0.1, 0.15) is 52.4 Å². The normalized spacial score (nSPS) is 30.5. The Bertz CT molecular complexity index is 238. The molecular weight excluding hydrogens is 234 g/mol. The highest BCUT2D eigenvalue weighted by Crippen LogP contribution is 2.21. The number of piperidine rings is 1. The maximum absolute atomic E-state index is 3.58. The Morgan fingerprint density at radius 3 is 2.58 bits per heavy atom. The van der Waals surface area contributed by atoms with Crippen LogP contribution in [0.4, 0.5) is 0 Å². The SMILES string of the molecule is CCCN1CCCC(N(CC)C2CCCNC2)CC1. The van der Waals surface area contributed by atoms with E-state index in [0.29, 0.717) is 0 Å². The zero-order chi connectivity index (χ0) is 13.5. The molecule has 2 heterocycles. The highest BCUT2D eigenvalue weighted by Gasteiger charge is 2.27. The molecule has 2 saturated heterocycles. The summed E-state index contributed by atoms with van der Waals surface area (Å²) in [6, 6.07) is 1.62. The fraction of sp³-hybridized carbons (Fsp3) is 1.00. The highest BCUT2D eigenvalue weighted by atomic mass is 15.2. The molecule has 3 nitrogen and oxygen atoms in total. The van der Waals surface area contributed by atoms with E-state index in [1.165, 1.54) is 77.8 Å². The standard InChI is InChI=1S/C16H33N3/c1-3-11-18-12-6-8-15(9-13-18)19(4-2)16-7-5-10-17-14-16/h15-17H,3-14H2,1-2H3. The quantitative estimate of drug-likeness (QED) is 0.825. The molecule has 2 aliphatic heterocycles. The molecule has 2 aliphatic rings. The van der Waals surface area contributed by atoms with Crippen LogP contribution in [0.5, 0.6) is 0 Å². The van der Waals surface area contributed by atoms with Crippen LogP contribution in [0.3, 0.4) is 0 Å². The molecule has 0 saturated carbocycles. The number of nitrogens with zero attached hydrogens (tertiary/aromatic N) is 2. The van der Waals surface area contributed by atoms with Crippen molar-refractivity contribution in [2.75, 3.05) is 39.3 Å². The summed E-state index contributed by atoms with van der Waals surface area (Å²) in [5, 5.41) is 3.58. The zero-order valence-corrected chi connectivity index (χ0v) is 13.0. The van der Waals surface area contributed by atoms with Crippen molar-refractivity contribution >= 4 is 0 Å². The number of hydrogen-bond donors (Lipinski definition) is 1. The van der Waals surface area contributed by atoms with Gasteiger partial charge < -0.3 is 10.2 Å². The second kappa shape index (κ2) is 8.23. The third-order valence-electron chi connectivity index (χ3n) is 4.90. The van der Waals surface area contributed by atoms with Gasteiger partial charge in [-0.2, -0.15) is 0 Å². The van der Waals surface area contributed by atoms with E-state index in [9.17, 15) is 0 Å². The fourth-order valence-corrected chi connectivity index (χ4v) is 3.94. The Kier molecular flexibility index (Phi) is 6.62. The lowest BCUT2D eigenvalue weighted by atomic mass is 10.00. The number of likely N-dealkylation sites (tertiary alicyclic amines) is 1. The highest BCUT2D eigenvalue weighted by molar-refractivity contribution is 4.85. The van der Waals surface area contributed by atoms with Crippen LogP contribution >= 0.6 is 0 Å². The molecule has 2 unspecified atom stereocenters. The lowest BCUT2D eigenvalue weighted by molar-refractivity contribution is 0.108. The van der Waals surface area contributed by atoms with Crippen LogP contribution in [0, 0.1) is 0 Å². The first kappa shape index (κ1) is 15.3. The van der Waals surface area contributed by atoms with Crippen LogP contribution in [-0.4, -0.2) is 61.2 Å². The van der Waals surface area contributed by atoms with Crippen LogP contribution in [0.2, 0.25) is 0 Å². The van der Waals surface area contributed by atoms with Crippen molar-refractivity contribution in [3.63, 3.8) is 0 Å². The Labute approximate surface area is 119 Å². The van der Waals surface area contributed by atoms with Gasteiger partial charge in [0.2, 0.25) is 0 Å². The minimum Gasteiger partial charge on any atom is -0.315 e. The summed E-state index contributed by atoms with van der Waals surface area (Å²) in [5.74, 6) is 0. The molecule has 2 fully saturated rings. The van der Waals surface area contributed by atoms with Gasteiger partial charge in [0, 0.05) is 18.6 Å². The van der Waals surface area contributed by atoms with Crippen LogP contribution in [0.25, 0.3) is 0 Å². The van der Waals surface area contributed by atoms with Gasteiger partial charge in [-0.15, -0.1) is 0 Å². The third kappa shape index (κ3) is 4.44. The summed E-state index contributed by atoms with van der Waals surface area (Å²) in [4.78, 5) is 5.48. The van der Waals surface area contributed by atoms with Crippen LogP contribution in [-0.2, 0) is 0 Å². The molecule has 2 rings (SSSR count). The monoisotopic (exact) mass is 267 g/mol. The van der Waals surface area contributed by atoms with Gasteiger partial charge in [0.1, 0.15) is 0 Å². The van der Waals surface area contributed by atoms with E-state index < -0.39 is 0 Å². The van der Waals surface area contributed by atoms with E-state index in [2.05, 4.69) is 29.0 Å². The van der Waals surface area contributed by atoms with Crippen molar-refractivity contribution in [1.82, 2.24) is 15.1 Å². The average Bonchev–Trinajstić information content (AvgIpc) is 2.68. The van der Waals surface area contributed by atoms with Gasteiger partial charge in [-0.3, -0.25) is 4.90 Å². The summed E-state index contributed by atoms with van der Waals surface area (Å²) < 4.78 is 0. The van der Waals surface area contributed by atoms with Gasteiger partial charge in [-0.1, -0.05) is 13.8 Å². The third-order valence-corrected chi connectivity index (χ3v) is 4.90. The molecule has 0 aromatic heterocycles. The van der Waals surface area contributed by atoms with Crippen molar-refractivity contribution in [1.29, 1.82) is 0 Å². The van der Waals surface area contributed by atoms with Crippen molar-refractivity contribution in [2.24, 2.45) is 0 Å². The summed E-state index contributed by atoms with van der Waals surface area (Å²) >= 11 is 0. The van der Waals surface area contributed by atoms with Crippen molar-refractivity contribution in [3.8, 4) is 0 Å². The molecule has 0 bridgehead atoms. The number of hydrogen-bond acceptors (Lipinski definition) is 3. The number of rotatable bonds is 5. The maximum Gasteiger partial charge on any atom is 0.0223 e. The van der Waals surface area contributed by atoms with E-state index in [-0.39, 0.29) is 0 Å². The second-order valence-corrected chi connectivity index (χ2v) is 6.26. The van der Waals surface area contributed by atoms with E-state index in [1.807, 2.05) is 0 Å². The minimum atomic E-state index is 0.793. The number of likely N-dealkylation sites (N-methyl/N-ethyl adjacent to an activating group) is 1. The lowest BCUT2D eigenvalue weighted by Gasteiger charge is -2.39. The van der Waals surface area contributed by atoms with Gasteiger partial charge >= 0.3 is 0 Å². The largest absolute Gasteiger partial charge is 0.315 e. The smallest absolute Gasteiger partial charge is 0.0223 e. The van der Waals surface area contributed by atoms with Gasteiger partial charge in [0.15, 0.2) is 0 Å².